The van der Waals surface area contributed by atoms with E-state index in [1.165, 1.54) is 25.7 Å². The van der Waals surface area contributed by atoms with Crippen LogP contribution >= 0.6 is 0 Å². The van der Waals surface area contributed by atoms with Gasteiger partial charge in [-0.3, -0.25) is 4.98 Å². The van der Waals surface area contributed by atoms with E-state index < -0.39 is 6.10 Å². The van der Waals surface area contributed by atoms with Crippen molar-refractivity contribution in [2.24, 2.45) is 5.92 Å². The van der Waals surface area contributed by atoms with Crippen LogP contribution in [0, 0.1) is 5.92 Å². The molecule has 0 bridgehead atoms. The fraction of sp³-hybridized carbons (Fsp3) is 0.438. The molecule has 1 fully saturated rings. The summed E-state index contributed by atoms with van der Waals surface area (Å²) in [4.78, 5) is 4.40. The highest BCUT2D eigenvalue weighted by Gasteiger charge is 2.21. The molecule has 1 heterocycles. The standard InChI is InChI=1S/C16H19NO/c18-15(11-12-5-1-2-6-12)16-14-8-4-3-7-13(14)9-10-17-16/h3-4,7-10,12,15,18H,1-2,5-6,11H2. The van der Waals surface area contributed by atoms with Crippen LogP contribution in [0.3, 0.4) is 0 Å². The van der Waals surface area contributed by atoms with Gasteiger partial charge in [0.05, 0.1) is 11.8 Å². The molecule has 2 heteroatoms. The summed E-state index contributed by atoms with van der Waals surface area (Å²) in [5.41, 5.74) is 0.847. The SMILES string of the molecule is OC(CC1CCCC1)c1nccc2ccccc12. The molecule has 1 aromatic carbocycles. The molecule has 1 atom stereocenters. The van der Waals surface area contributed by atoms with Crippen molar-refractivity contribution < 1.29 is 5.11 Å². The van der Waals surface area contributed by atoms with Crippen molar-refractivity contribution in [3.63, 3.8) is 0 Å². The fourth-order valence-corrected chi connectivity index (χ4v) is 3.08. The first kappa shape index (κ1) is 11.7. The number of nitrogens with zero attached hydrogens (tertiary/aromatic N) is 1. The van der Waals surface area contributed by atoms with Gasteiger partial charge in [0.25, 0.3) is 0 Å². The second-order valence-corrected chi connectivity index (χ2v) is 5.32. The lowest BCUT2D eigenvalue weighted by Crippen LogP contribution is -2.06. The maximum Gasteiger partial charge on any atom is 0.0968 e. The predicted octanol–water partition coefficient (Wildman–Crippen LogP) is 3.85. The van der Waals surface area contributed by atoms with Gasteiger partial charge in [-0.1, -0.05) is 49.9 Å². The molecule has 0 aliphatic heterocycles. The van der Waals surface area contributed by atoms with E-state index in [0.717, 1.165) is 22.9 Å². The third-order valence-corrected chi connectivity index (χ3v) is 4.05. The maximum atomic E-state index is 10.4. The lowest BCUT2D eigenvalue weighted by Gasteiger charge is -2.16. The van der Waals surface area contributed by atoms with Crippen molar-refractivity contribution in [3.8, 4) is 0 Å². The molecule has 18 heavy (non-hydrogen) atoms. The van der Waals surface area contributed by atoms with Gasteiger partial charge in [0.2, 0.25) is 0 Å². The molecule has 1 unspecified atom stereocenters. The van der Waals surface area contributed by atoms with Crippen LogP contribution in [0.15, 0.2) is 36.5 Å². The van der Waals surface area contributed by atoms with Gasteiger partial charge in [-0.15, -0.1) is 0 Å². The first-order valence-electron chi connectivity index (χ1n) is 6.86. The normalized spacial score (nSPS) is 18.3. The monoisotopic (exact) mass is 241 g/mol. The fourth-order valence-electron chi connectivity index (χ4n) is 3.08. The van der Waals surface area contributed by atoms with E-state index in [2.05, 4.69) is 17.1 Å². The lowest BCUT2D eigenvalue weighted by atomic mass is 9.96. The Hall–Kier alpha value is -1.41. The van der Waals surface area contributed by atoms with Crippen LogP contribution in [0.5, 0.6) is 0 Å². The minimum absolute atomic E-state index is 0.417. The molecule has 0 radical (unpaired) electrons. The average Bonchev–Trinajstić information content (AvgIpc) is 2.91. The summed E-state index contributed by atoms with van der Waals surface area (Å²) >= 11 is 0. The molecule has 2 aromatic rings. The van der Waals surface area contributed by atoms with E-state index in [-0.39, 0.29) is 0 Å². The van der Waals surface area contributed by atoms with Crippen molar-refractivity contribution in [2.45, 2.75) is 38.2 Å². The van der Waals surface area contributed by atoms with Crippen LogP contribution in [0.25, 0.3) is 10.8 Å². The number of pyridine rings is 1. The van der Waals surface area contributed by atoms with E-state index in [1.807, 2.05) is 18.2 Å². The number of benzene rings is 1. The van der Waals surface area contributed by atoms with Gasteiger partial charge < -0.3 is 5.11 Å². The van der Waals surface area contributed by atoms with Crippen LogP contribution in [0.2, 0.25) is 0 Å². The Morgan fingerprint density at radius 1 is 1.17 bits per heavy atom. The first-order chi connectivity index (χ1) is 8.84. The van der Waals surface area contributed by atoms with Gasteiger partial charge in [0.15, 0.2) is 0 Å². The zero-order valence-electron chi connectivity index (χ0n) is 10.5. The van der Waals surface area contributed by atoms with E-state index in [4.69, 9.17) is 0 Å². The molecule has 2 nitrogen and oxygen atoms in total. The van der Waals surface area contributed by atoms with Crippen LogP contribution in [0.4, 0.5) is 0 Å². The lowest BCUT2D eigenvalue weighted by molar-refractivity contribution is 0.142. The summed E-state index contributed by atoms with van der Waals surface area (Å²) in [6, 6.07) is 10.2. The highest BCUT2D eigenvalue weighted by molar-refractivity contribution is 5.84. The smallest absolute Gasteiger partial charge is 0.0968 e. The minimum atomic E-state index is -0.417. The number of aromatic nitrogens is 1. The number of hydrogen-bond acceptors (Lipinski definition) is 2. The van der Waals surface area contributed by atoms with Crippen molar-refractivity contribution in [1.82, 2.24) is 4.98 Å². The third-order valence-electron chi connectivity index (χ3n) is 4.05. The molecular weight excluding hydrogens is 222 g/mol. The van der Waals surface area contributed by atoms with Gasteiger partial charge in [0, 0.05) is 11.6 Å². The Kier molecular flexibility index (Phi) is 3.28. The highest BCUT2D eigenvalue weighted by atomic mass is 16.3. The van der Waals surface area contributed by atoms with E-state index in [1.54, 1.807) is 6.20 Å². The highest BCUT2D eigenvalue weighted by Crippen LogP contribution is 2.34. The molecule has 1 aliphatic carbocycles. The van der Waals surface area contributed by atoms with Crippen LogP contribution in [-0.2, 0) is 0 Å². The zero-order valence-corrected chi connectivity index (χ0v) is 10.5. The Morgan fingerprint density at radius 2 is 1.94 bits per heavy atom. The summed E-state index contributed by atoms with van der Waals surface area (Å²) < 4.78 is 0. The Morgan fingerprint density at radius 3 is 2.78 bits per heavy atom. The zero-order chi connectivity index (χ0) is 12.4. The summed E-state index contributed by atoms with van der Waals surface area (Å²) in [6.07, 6.45) is 7.42. The first-order valence-corrected chi connectivity index (χ1v) is 6.86. The molecule has 0 spiro atoms. The van der Waals surface area contributed by atoms with Crippen molar-refractivity contribution in [2.75, 3.05) is 0 Å². The molecule has 1 aromatic heterocycles. The molecule has 1 N–H and O–H groups in total. The van der Waals surface area contributed by atoms with Crippen LogP contribution < -0.4 is 0 Å². The van der Waals surface area contributed by atoms with Crippen LogP contribution in [-0.4, -0.2) is 10.1 Å². The number of fused-ring (bicyclic) bond motifs is 1. The molecule has 94 valence electrons. The Bertz CT molecular complexity index is 526. The summed E-state index contributed by atoms with van der Waals surface area (Å²) in [5.74, 6) is 0.681. The molecular formula is C16H19NO. The van der Waals surface area contributed by atoms with E-state index in [9.17, 15) is 5.11 Å². The number of hydrogen-bond donors (Lipinski definition) is 1. The second kappa shape index (κ2) is 5.07. The van der Waals surface area contributed by atoms with Gasteiger partial charge in [-0.25, -0.2) is 0 Å². The van der Waals surface area contributed by atoms with Gasteiger partial charge >= 0.3 is 0 Å². The molecule has 1 saturated carbocycles. The summed E-state index contributed by atoms with van der Waals surface area (Å²) in [7, 11) is 0. The minimum Gasteiger partial charge on any atom is -0.387 e. The van der Waals surface area contributed by atoms with Crippen molar-refractivity contribution >= 4 is 10.8 Å². The number of aliphatic hydroxyl groups is 1. The molecule has 0 saturated heterocycles. The number of aliphatic hydroxyl groups excluding tert-OH is 1. The van der Waals surface area contributed by atoms with Crippen molar-refractivity contribution in [3.05, 3.63) is 42.2 Å². The quantitative estimate of drug-likeness (QED) is 0.885. The molecule has 3 rings (SSSR count). The van der Waals surface area contributed by atoms with Gasteiger partial charge in [-0.05, 0) is 23.8 Å². The summed E-state index contributed by atoms with van der Waals surface area (Å²) in [5, 5.41) is 12.7. The van der Waals surface area contributed by atoms with Gasteiger partial charge in [0.1, 0.15) is 0 Å². The van der Waals surface area contributed by atoms with E-state index in [0.29, 0.717) is 5.92 Å². The number of rotatable bonds is 3. The van der Waals surface area contributed by atoms with Crippen molar-refractivity contribution in [1.29, 1.82) is 0 Å². The molecule has 1 aliphatic rings. The largest absolute Gasteiger partial charge is 0.387 e. The average molecular weight is 241 g/mol. The topological polar surface area (TPSA) is 33.1 Å². The summed E-state index contributed by atoms with van der Waals surface area (Å²) in [6.45, 7) is 0. The predicted molar refractivity (Wildman–Crippen MR) is 73.3 cm³/mol. The van der Waals surface area contributed by atoms with E-state index >= 15 is 0 Å². The second-order valence-electron chi connectivity index (χ2n) is 5.32. The third kappa shape index (κ3) is 2.25. The molecule has 0 amide bonds. The Balaban J connectivity index is 1.88. The van der Waals surface area contributed by atoms with Crippen LogP contribution in [0.1, 0.15) is 43.9 Å². The Labute approximate surface area is 108 Å². The van der Waals surface area contributed by atoms with Gasteiger partial charge in [-0.2, -0.15) is 0 Å². The maximum absolute atomic E-state index is 10.4.